The Kier molecular flexibility index (Phi) is 5.15. The Bertz CT molecular complexity index is 208. The third kappa shape index (κ3) is 2.92. The summed E-state index contributed by atoms with van der Waals surface area (Å²) in [6.07, 6.45) is 0. The Hall–Kier alpha value is 0.287. The van der Waals surface area contributed by atoms with Crippen LogP contribution in [0.2, 0.25) is 0 Å². The molecule has 0 amide bonds. The van der Waals surface area contributed by atoms with Crippen LogP contribution in [0.4, 0.5) is 0 Å². The minimum absolute atomic E-state index is 0. The SMILES string of the molecule is O=C(O)c1ccccc1.[Fr]. The fourth-order valence-corrected chi connectivity index (χ4v) is 0.581. The van der Waals surface area contributed by atoms with E-state index >= 15 is 0 Å². The van der Waals surface area contributed by atoms with E-state index in [4.69, 9.17) is 5.11 Å². The van der Waals surface area contributed by atoms with Crippen molar-refractivity contribution < 1.29 is 59.8 Å². The summed E-state index contributed by atoms with van der Waals surface area (Å²) in [5, 5.41) is 8.38. The molecule has 0 aliphatic rings. The predicted octanol–water partition coefficient (Wildman–Crippen LogP) is 1.38. The fourth-order valence-electron chi connectivity index (χ4n) is 0.581. The molecule has 0 aliphatic heterocycles. The minimum atomic E-state index is -0.879. The van der Waals surface area contributed by atoms with Gasteiger partial charge in [0.05, 0.1) is 5.56 Å². The third-order valence-electron chi connectivity index (χ3n) is 1.02. The normalized spacial score (nSPS) is 8.00. The molecule has 1 rings (SSSR count). The number of carboxylic acid groups (broad SMARTS) is 1. The van der Waals surface area contributed by atoms with Crippen LogP contribution in [0.1, 0.15) is 10.4 Å². The van der Waals surface area contributed by atoms with Crippen molar-refractivity contribution >= 4 is 5.97 Å². The molecule has 0 aromatic heterocycles. The first kappa shape index (κ1) is 10.3. The molecule has 1 aromatic carbocycles. The molecule has 0 aliphatic carbocycles. The standard InChI is InChI=1S/C7H6O2.Fr/c8-7(9)6-4-2-1-3-5-6;/h1-5H,(H,8,9);. The molecule has 10 heavy (non-hydrogen) atoms. The zero-order valence-electron chi connectivity index (χ0n) is 5.74. The number of rotatable bonds is 1. The summed E-state index contributed by atoms with van der Waals surface area (Å²) < 4.78 is 0. The smallest absolute Gasteiger partial charge is 0.335 e. The van der Waals surface area contributed by atoms with Gasteiger partial charge in [-0.15, -0.1) is 0 Å². The van der Waals surface area contributed by atoms with Gasteiger partial charge in [0.2, 0.25) is 0 Å². The van der Waals surface area contributed by atoms with E-state index in [-0.39, 0.29) is 49.9 Å². The van der Waals surface area contributed by atoms with Crippen molar-refractivity contribution in [3.05, 3.63) is 35.9 Å². The van der Waals surface area contributed by atoms with Crippen LogP contribution in [0.5, 0.6) is 0 Å². The average Bonchev–Trinajstić information content (AvgIpc) is 1.90. The summed E-state index contributed by atoms with van der Waals surface area (Å²) in [5.74, 6) is -0.879. The molecule has 0 unspecified atom stereocenters. The van der Waals surface area contributed by atoms with Crippen LogP contribution >= 0.6 is 0 Å². The molecule has 0 saturated heterocycles. The van der Waals surface area contributed by atoms with Gasteiger partial charge < -0.3 is 5.11 Å². The molecule has 0 bridgehead atoms. The Labute approximate surface area is 100 Å². The monoisotopic (exact) mass is 345 g/mol. The zero-order valence-corrected chi connectivity index (χ0v) is 14.0. The van der Waals surface area contributed by atoms with Crippen molar-refractivity contribution in [3.8, 4) is 0 Å². The zero-order chi connectivity index (χ0) is 6.69. The Balaban J connectivity index is 0.000000810. The third-order valence-corrected chi connectivity index (χ3v) is 1.02. The second kappa shape index (κ2) is 5.01. The van der Waals surface area contributed by atoms with E-state index in [9.17, 15) is 4.79 Å². The number of carbonyl (C=O) groups is 1. The van der Waals surface area contributed by atoms with E-state index in [1.807, 2.05) is 0 Å². The van der Waals surface area contributed by atoms with Gasteiger partial charge in [-0.2, -0.15) is 0 Å². The topological polar surface area (TPSA) is 37.3 Å². The van der Waals surface area contributed by atoms with E-state index in [1.54, 1.807) is 30.3 Å². The van der Waals surface area contributed by atoms with Gasteiger partial charge in [-0.05, 0) is 12.1 Å². The summed E-state index contributed by atoms with van der Waals surface area (Å²) >= 11 is 0. The molecule has 0 fully saturated rings. The van der Waals surface area contributed by atoms with Crippen LogP contribution in [0.15, 0.2) is 30.3 Å². The van der Waals surface area contributed by atoms with Crippen LogP contribution in [0.25, 0.3) is 0 Å². The maximum atomic E-state index is 10.2. The van der Waals surface area contributed by atoms with E-state index < -0.39 is 5.97 Å². The van der Waals surface area contributed by atoms with E-state index in [1.165, 1.54) is 0 Å². The maximum absolute atomic E-state index is 10.2. The summed E-state index contributed by atoms with van der Waals surface area (Å²) in [7, 11) is 0. The molecule has 3 heteroatoms. The molecule has 0 heterocycles. The van der Waals surface area contributed by atoms with Gasteiger partial charge in [-0.3, -0.25) is 0 Å². The quantitative estimate of drug-likeness (QED) is 0.835. The second-order valence-electron chi connectivity index (χ2n) is 1.67. The van der Waals surface area contributed by atoms with Gasteiger partial charge in [0, 0.05) is 49.9 Å². The Morgan fingerprint density at radius 2 is 1.70 bits per heavy atom. The summed E-state index contributed by atoms with van der Waals surface area (Å²) in [6, 6.07) is 8.30. The van der Waals surface area contributed by atoms with Crippen molar-refractivity contribution in [2.75, 3.05) is 0 Å². The number of carboxylic acids is 1. The van der Waals surface area contributed by atoms with Crippen molar-refractivity contribution in [1.82, 2.24) is 0 Å². The van der Waals surface area contributed by atoms with Gasteiger partial charge in [0.15, 0.2) is 0 Å². The first-order valence-corrected chi connectivity index (χ1v) is 2.59. The molecule has 0 saturated carbocycles. The van der Waals surface area contributed by atoms with Crippen LogP contribution in [-0.4, -0.2) is 11.1 Å². The number of hydrogen-bond acceptors (Lipinski definition) is 1. The summed E-state index contributed by atoms with van der Waals surface area (Å²) in [6.45, 7) is 0. The minimum Gasteiger partial charge on any atom is -0.478 e. The first-order chi connectivity index (χ1) is 4.30. The van der Waals surface area contributed by atoms with Crippen molar-refractivity contribution in [3.63, 3.8) is 0 Å². The maximum Gasteiger partial charge on any atom is 0.335 e. The first-order valence-electron chi connectivity index (χ1n) is 2.59. The van der Waals surface area contributed by atoms with Gasteiger partial charge in [-0.1, -0.05) is 18.2 Å². The number of benzene rings is 1. The number of aromatic carboxylic acids is 1. The van der Waals surface area contributed by atoms with Crippen LogP contribution < -0.4 is 0 Å². The van der Waals surface area contributed by atoms with Crippen molar-refractivity contribution in [2.45, 2.75) is 0 Å². The molecule has 0 spiro atoms. The van der Waals surface area contributed by atoms with E-state index in [0.717, 1.165) is 0 Å². The molecular weight excluding hydrogens is 339 g/mol. The largest absolute Gasteiger partial charge is 0.478 e. The summed E-state index contributed by atoms with van der Waals surface area (Å²) in [4.78, 5) is 10.2. The molecule has 2 nitrogen and oxygen atoms in total. The molecular formula is C7H6FrO2. The molecule has 47 valence electrons. The average molecular weight is 345 g/mol. The van der Waals surface area contributed by atoms with Crippen molar-refractivity contribution in [2.24, 2.45) is 0 Å². The Morgan fingerprint density at radius 1 is 1.20 bits per heavy atom. The van der Waals surface area contributed by atoms with Gasteiger partial charge in [-0.25, -0.2) is 4.79 Å². The predicted molar refractivity (Wildman–Crippen MR) is 33.4 cm³/mol. The summed E-state index contributed by atoms with van der Waals surface area (Å²) in [5.41, 5.74) is 0.331. The van der Waals surface area contributed by atoms with Gasteiger partial charge in [0.25, 0.3) is 0 Å². The molecule has 0 atom stereocenters. The molecule has 1 N–H and O–H groups in total. The van der Waals surface area contributed by atoms with E-state index in [2.05, 4.69) is 0 Å². The van der Waals surface area contributed by atoms with Gasteiger partial charge in [0.1, 0.15) is 0 Å². The molecule has 1 radical (unpaired) electrons. The Morgan fingerprint density at radius 3 is 2.00 bits per heavy atom. The van der Waals surface area contributed by atoms with Crippen LogP contribution in [0, 0.1) is 49.9 Å². The van der Waals surface area contributed by atoms with Gasteiger partial charge >= 0.3 is 5.97 Å². The number of hydrogen-bond donors (Lipinski definition) is 1. The molecule has 1 aromatic rings. The van der Waals surface area contributed by atoms with Crippen LogP contribution in [0.3, 0.4) is 0 Å². The fraction of sp³-hybridized carbons (Fsp3) is 0. The van der Waals surface area contributed by atoms with Crippen molar-refractivity contribution in [1.29, 1.82) is 0 Å². The second-order valence-corrected chi connectivity index (χ2v) is 1.67. The van der Waals surface area contributed by atoms with E-state index in [0.29, 0.717) is 5.56 Å². The van der Waals surface area contributed by atoms with Crippen LogP contribution in [-0.2, 0) is 0 Å².